The first kappa shape index (κ1) is 9.77. The Balaban J connectivity index is 2.05. The minimum atomic E-state index is -2.31. The van der Waals surface area contributed by atoms with Gasteiger partial charge < -0.3 is 0 Å². The van der Waals surface area contributed by atoms with Crippen molar-refractivity contribution >= 4 is 12.4 Å². The van der Waals surface area contributed by atoms with Crippen molar-refractivity contribution in [3.8, 4) is 0 Å². The van der Waals surface area contributed by atoms with Crippen LogP contribution in [0.25, 0.3) is 0 Å². The molecule has 2 heterocycles. The maximum absolute atomic E-state index is 6.25. The maximum atomic E-state index is 6.25. The fraction of sp³-hybridized carbons (Fsp3) is 0.500. The van der Waals surface area contributed by atoms with Crippen molar-refractivity contribution in [2.45, 2.75) is 26.1 Å². The first-order valence-electron chi connectivity index (χ1n) is 5.59. The number of benzene rings is 1. The van der Waals surface area contributed by atoms with E-state index in [1.807, 2.05) is 6.07 Å². The summed E-state index contributed by atoms with van der Waals surface area (Å²) in [6.07, 6.45) is 2.71. The first-order valence-corrected chi connectivity index (χ1v) is 8.03. The second-order valence-electron chi connectivity index (χ2n) is 4.72. The average molecular weight is 224 g/mol. The van der Waals surface area contributed by atoms with E-state index in [1.165, 1.54) is 5.30 Å². The van der Waals surface area contributed by atoms with Crippen molar-refractivity contribution in [1.29, 1.82) is 0 Å². The Morgan fingerprint density at radius 2 is 1.53 bits per heavy atom. The van der Waals surface area contributed by atoms with Crippen molar-refractivity contribution in [3.63, 3.8) is 0 Å². The third-order valence-electron chi connectivity index (χ3n) is 3.63. The molecule has 1 aromatic rings. The Morgan fingerprint density at radius 1 is 1.00 bits per heavy atom. The van der Waals surface area contributed by atoms with Gasteiger partial charge in [0.2, 0.25) is 0 Å². The molecule has 1 aromatic carbocycles. The van der Waals surface area contributed by atoms with Gasteiger partial charge in [-0.2, -0.15) is 0 Å². The molecule has 0 N–H and O–H groups in total. The third-order valence-corrected chi connectivity index (χ3v) is 8.35. The van der Waals surface area contributed by atoms with Crippen LogP contribution >= 0.6 is 7.06 Å². The molecule has 2 aliphatic rings. The van der Waals surface area contributed by atoms with Crippen molar-refractivity contribution in [2.24, 2.45) is 0 Å². The Labute approximate surface area is 90.7 Å². The molecule has 3 rings (SSSR count). The zero-order valence-corrected chi connectivity index (χ0v) is 10.1. The predicted molar refractivity (Wildman–Crippen MR) is 63.8 cm³/mol. The van der Waals surface area contributed by atoms with Crippen LogP contribution in [-0.4, -0.2) is 24.5 Å². The van der Waals surface area contributed by atoms with Crippen LogP contribution in [0, 0.1) is 0 Å². The second kappa shape index (κ2) is 2.82. The van der Waals surface area contributed by atoms with E-state index in [1.54, 1.807) is 0 Å². The minimum absolute atomic E-state index is 0.241. The van der Waals surface area contributed by atoms with Gasteiger partial charge in [0.05, 0.1) is 0 Å². The van der Waals surface area contributed by atoms with Crippen molar-refractivity contribution < 1.29 is 9.05 Å². The number of hydrogen-bond acceptors (Lipinski definition) is 2. The molecule has 0 amide bonds. The van der Waals surface area contributed by atoms with E-state index in [0.29, 0.717) is 0 Å². The molecule has 3 heteroatoms. The second-order valence-corrected chi connectivity index (χ2v) is 9.18. The van der Waals surface area contributed by atoms with E-state index >= 15 is 0 Å². The van der Waals surface area contributed by atoms with E-state index in [4.69, 9.17) is 9.05 Å². The van der Waals surface area contributed by atoms with Gasteiger partial charge in [0.25, 0.3) is 0 Å². The monoisotopic (exact) mass is 224 g/mol. The Hall–Kier alpha value is -0.430. The van der Waals surface area contributed by atoms with E-state index < -0.39 is 7.06 Å². The summed E-state index contributed by atoms with van der Waals surface area (Å²) in [6, 6.07) is 10.5. The summed E-state index contributed by atoms with van der Waals surface area (Å²) in [6.45, 7) is 4.24. The molecule has 15 heavy (non-hydrogen) atoms. The van der Waals surface area contributed by atoms with E-state index in [-0.39, 0.29) is 12.2 Å². The third kappa shape index (κ3) is 1.22. The van der Waals surface area contributed by atoms with Crippen LogP contribution < -0.4 is 5.30 Å². The van der Waals surface area contributed by atoms with Gasteiger partial charge in [-0.05, 0) is 0 Å². The molecule has 0 aromatic heterocycles. The average Bonchev–Trinajstić information content (AvgIpc) is 2.89. The molecule has 0 radical (unpaired) electrons. The van der Waals surface area contributed by atoms with Crippen LogP contribution in [-0.2, 0) is 9.05 Å². The van der Waals surface area contributed by atoms with Crippen LogP contribution in [0.15, 0.2) is 30.3 Å². The topological polar surface area (TPSA) is 18.5 Å². The van der Waals surface area contributed by atoms with Crippen LogP contribution in [0.3, 0.4) is 0 Å². The van der Waals surface area contributed by atoms with Gasteiger partial charge in [0.15, 0.2) is 0 Å². The van der Waals surface area contributed by atoms with Gasteiger partial charge in [0.1, 0.15) is 0 Å². The summed E-state index contributed by atoms with van der Waals surface area (Å²) < 4.78 is 12.5. The SMILES string of the molecule is CC1OP2(c3ccccc3)(CC2)OC1C. The molecular weight excluding hydrogens is 207 g/mol. The molecule has 82 valence electrons. The molecular formula is C12H17O2P. The summed E-state index contributed by atoms with van der Waals surface area (Å²) >= 11 is 0. The molecule has 2 nitrogen and oxygen atoms in total. The van der Waals surface area contributed by atoms with Crippen LogP contribution in [0.4, 0.5) is 0 Å². The number of hydrogen-bond donors (Lipinski definition) is 0. The van der Waals surface area contributed by atoms with Crippen molar-refractivity contribution in [2.75, 3.05) is 12.3 Å². The Morgan fingerprint density at radius 3 is 2.00 bits per heavy atom. The summed E-state index contributed by atoms with van der Waals surface area (Å²) in [5.74, 6) is 0. The summed E-state index contributed by atoms with van der Waals surface area (Å²) in [5.41, 5.74) is 0. The van der Waals surface area contributed by atoms with Gasteiger partial charge in [0, 0.05) is 0 Å². The van der Waals surface area contributed by atoms with Crippen LogP contribution in [0.1, 0.15) is 13.8 Å². The molecule has 2 atom stereocenters. The quantitative estimate of drug-likeness (QED) is 0.682. The van der Waals surface area contributed by atoms with E-state index in [2.05, 4.69) is 38.1 Å². The van der Waals surface area contributed by atoms with Crippen molar-refractivity contribution in [3.05, 3.63) is 30.3 Å². The zero-order chi connectivity index (χ0) is 10.5. The number of rotatable bonds is 1. The van der Waals surface area contributed by atoms with Crippen LogP contribution in [0.2, 0.25) is 0 Å². The molecule has 0 aliphatic carbocycles. The first-order chi connectivity index (χ1) is 7.14. The van der Waals surface area contributed by atoms with Gasteiger partial charge in [-0.25, -0.2) is 0 Å². The molecule has 1 spiro atoms. The molecule has 2 fully saturated rings. The summed E-state index contributed by atoms with van der Waals surface area (Å²) in [4.78, 5) is 0. The van der Waals surface area contributed by atoms with Gasteiger partial charge in [-0.1, -0.05) is 0 Å². The fourth-order valence-corrected chi connectivity index (χ4v) is 7.46. The van der Waals surface area contributed by atoms with E-state index in [0.717, 1.165) is 12.3 Å². The van der Waals surface area contributed by atoms with Gasteiger partial charge in [-0.15, -0.1) is 0 Å². The Bertz CT molecular complexity index is 372. The van der Waals surface area contributed by atoms with E-state index in [9.17, 15) is 0 Å². The fourth-order valence-electron chi connectivity index (χ4n) is 2.45. The standard InChI is InChI=1S/C12H17O2P/c1-10-11(2)14-15(13-10,8-9-15)12-6-4-3-5-7-12/h3-7,10-11H,8-9H2,1-2H3. The molecule has 0 bridgehead atoms. The summed E-state index contributed by atoms with van der Waals surface area (Å²) in [5, 5.41) is 1.31. The van der Waals surface area contributed by atoms with Crippen molar-refractivity contribution in [1.82, 2.24) is 0 Å². The molecule has 2 saturated heterocycles. The molecule has 2 unspecified atom stereocenters. The Kier molecular flexibility index (Phi) is 1.84. The zero-order valence-electron chi connectivity index (χ0n) is 9.22. The molecule has 0 saturated carbocycles. The predicted octanol–water partition coefficient (Wildman–Crippen LogP) is 2.53. The van der Waals surface area contributed by atoms with Gasteiger partial charge in [-0.3, -0.25) is 0 Å². The normalized spacial score (nSPS) is 38.4. The summed E-state index contributed by atoms with van der Waals surface area (Å²) in [7, 11) is -2.31. The molecule has 2 aliphatic heterocycles. The van der Waals surface area contributed by atoms with Gasteiger partial charge >= 0.3 is 90.1 Å². The van der Waals surface area contributed by atoms with Crippen LogP contribution in [0.5, 0.6) is 0 Å².